The molecule has 0 saturated carbocycles. The third-order valence-corrected chi connectivity index (χ3v) is 3.35. The molecule has 0 unspecified atom stereocenters. The SMILES string of the molecule is CC(=O)OC[C@H]1O[C@H](OC/C=C/c2ccccc2)C=C[C@@H]1OC(C)=O. The molecule has 1 aromatic rings. The highest BCUT2D eigenvalue weighted by molar-refractivity contribution is 5.66. The number of benzene rings is 1. The molecule has 0 aromatic heterocycles. The fraction of sp³-hybridized carbons (Fsp3) is 0.368. The van der Waals surface area contributed by atoms with Crippen molar-refractivity contribution in [1.82, 2.24) is 0 Å². The maximum Gasteiger partial charge on any atom is 0.303 e. The number of rotatable bonds is 7. The summed E-state index contributed by atoms with van der Waals surface area (Å²) in [5, 5.41) is 0. The summed E-state index contributed by atoms with van der Waals surface area (Å²) in [7, 11) is 0. The minimum atomic E-state index is -0.614. The molecule has 0 amide bonds. The number of esters is 2. The summed E-state index contributed by atoms with van der Waals surface area (Å²) in [6.45, 7) is 2.95. The molecule has 6 heteroatoms. The van der Waals surface area contributed by atoms with Gasteiger partial charge in [-0.15, -0.1) is 0 Å². The van der Waals surface area contributed by atoms with Crippen molar-refractivity contribution < 1.29 is 28.5 Å². The zero-order chi connectivity index (χ0) is 18.1. The first-order chi connectivity index (χ1) is 12.0. The average molecular weight is 346 g/mol. The van der Waals surface area contributed by atoms with E-state index in [4.69, 9.17) is 18.9 Å². The van der Waals surface area contributed by atoms with Crippen LogP contribution in [0.15, 0.2) is 48.6 Å². The summed E-state index contributed by atoms with van der Waals surface area (Å²) >= 11 is 0. The van der Waals surface area contributed by atoms with Crippen LogP contribution in [0.1, 0.15) is 19.4 Å². The van der Waals surface area contributed by atoms with E-state index in [0.29, 0.717) is 6.61 Å². The van der Waals surface area contributed by atoms with Crippen LogP contribution in [0.4, 0.5) is 0 Å². The van der Waals surface area contributed by atoms with Gasteiger partial charge in [-0.2, -0.15) is 0 Å². The molecule has 0 fully saturated rings. The zero-order valence-electron chi connectivity index (χ0n) is 14.3. The highest BCUT2D eigenvalue weighted by atomic mass is 16.7. The largest absolute Gasteiger partial charge is 0.463 e. The molecule has 0 N–H and O–H groups in total. The molecule has 2 rings (SSSR count). The van der Waals surface area contributed by atoms with E-state index in [0.717, 1.165) is 5.56 Å². The lowest BCUT2D eigenvalue weighted by Gasteiger charge is -2.31. The smallest absolute Gasteiger partial charge is 0.303 e. The molecule has 3 atom stereocenters. The number of carbonyl (C=O) groups is 2. The second-order valence-electron chi connectivity index (χ2n) is 5.45. The molecule has 1 aromatic carbocycles. The third-order valence-electron chi connectivity index (χ3n) is 3.35. The lowest BCUT2D eigenvalue weighted by Crippen LogP contribution is -2.42. The van der Waals surface area contributed by atoms with Crippen molar-refractivity contribution >= 4 is 18.0 Å². The number of hydrogen-bond acceptors (Lipinski definition) is 6. The highest BCUT2D eigenvalue weighted by Crippen LogP contribution is 2.18. The van der Waals surface area contributed by atoms with Crippen LogP contribution in [0.3, 0.4) is 0 Å². The van der Waals surface area contributed by atoms with Gasteiger partial charge in [-0.05, 0) is 17.7 Å². The molecule has 0 aliphatic carbocycles. The Morgan fingerprint density at radius 1 is 1.12 bits per heavy atom. The molecule has 1 heterocycles. The molecule has 0 spiro atoms. The molecule has 0 radical (unpaired) electrons. The predicted molar refractivity (Wildman–Crippen MR) is 91.4 cm³/mol. The monoisotopic (exact) mass is 346 g/mol. The molecular weight excluding hydrogens is 324 g/mol. The van der Waals surface area contributed by atoms with E-state index in [1.165, 1.54) is 13.8 Å². The Balaban J connectivity index is 1.87. The Kier molecular flexibility index (Phi) is 7.37. The lowest BCUT2D eigenvalue weighted by atomic mass is 10.1. The second kappa shape index (κ2) is 9.76. The van der Waals surface area contributed by atoms with Crippen LogP contribution in [-0.2, 0) is 28.5 Å². The van der Waals surface area contributed by atoms with Crippen molar-refractivity contribution in [3.63, 3.8) is 0 Å². The van der Waals surface area contributed by atoms with E-state index >= 15 is 0 Å². The number of ether oxygens (including phenoxy) is 4. The van der Waals surface area contributed by atoms with Gasteiger partial charge in [0.15, 0.2) is 6.29 Å². The first kappa shape index (κ1) is 18.9. The van der Waals surface area contributed by atoms with Gasteiger partial charge < -0.3 is 18.9 Å². The van der Waals surface area contributed by atoms with E-state index in [9.17, 15) is 9.59 Å². The van der Waals surface area contributed by atoms with Crippen molar-refractivity contribution in [2.75, 3.05) is 13.2 Å². The number of carbonyl (C=O) groups excluding carboxylic acids is 2. The first-order valence-electron chi connectivity index (χ1n) is 8.02. The summed E-state index contributed by atoms with van der Waals surface area (Å²) in [5.74, 6) is -0.862. The minimum Gasteiger partial charge on any atom is -0.463 e. The van der Waals surface area contributed by atoms with E-state index in [1.807, 2.05) is 42.5 Å². The van der Waals surface area contributed by atoms with Crippen LogP contribution >= 0.6 is 0 Å². The summed E-state index contributed by atoms with van der Waals surface area (Å²) in [5.41, 5.74) is 1.08. The third kappa shape index (κ3) is 6.91. The van der Waals surface area contributed by atoms with E-state index in [1.54, 1.807) is 12.2 Å². The predicted octanol–water partition coefficient (Wildman–Crippen LogP) is 2.49. The van der Waals surface area contributed by atoms with Crippen molar-refractivity contribution in [2.45, 2.75) is 32.3 Å². The summed E-state index contributed by atoms with van der Waals surface area (Å²) in [6.07, 6.45) is 5.36. The van der Waals surface area contributed by atoms with Gasteiger partial charge in [-0.1, -0.05) is 42.5 Å². The average Bonchev–Trinajstić information content (AvgIpc) is 2.59. The number of hydrogen-bond donors (Lipinski definition) is 0. The fourth-order valence-electron chi connectivity index (χ4n) is 2.25. The van der Waals surface area contributed by atoms with Gasteiger partial charge in [-0.3, -0.25) is 9.59 Å². The molecular formula is C19H22O6. The van der Waals surface area contributed by atoms with Gasteiger partial charge in [0.2, 0.25) is 0 Å². The van der Waals surface area contributed by atoms with Gasteiger partial charge in [0, 0.05) is 13.8 Å². The van der Waals surface area contributed by atoms with Crippen LogP contribution in [0.25, 0.3) is 6.08 Å². The lowest BCUT2D eigenvalue weighted by molar-refractivity contribution is -0.194. The second-order valence-corrected chi connectivity index (χ2v) is 5.45. The van der Waals surface area contributed by atoms with Gasteiger partial charge in [-0.25, -0.2) is 0 Å². The molecule has 6 nitrogen and oxygen atoms in total. The van der Waals surface area contributed by atoms with Crippen LogP contribution in [0, 0.1) is 0 Å². The summed E-state index contributed by atoms with van der Waals surface area (Å²) < 4.78 is 21.4. The topological polar surface area (TPSA) is 71.1 Å². The Morgan fingerprint density at radius 2 is 1.88 bits per heavy atom. The Hall–Kier alpha value is -2.44. The van der Waals surface area contributed by atoms with Crippen LogP contribution in [-0.4, -0.2) is 43.7 Å². The van der Waals surface area contributed by atoms with E-state index in [-0.39, 0.29) is 6.61 Å². The van der Waals surface area contributed by atoms with E-state index < -0.39 is 30.4 Å². The standard InChI is InChI=1S/C19H22O6/c1-14(20)23-13-18-17(24-15(2)21)10-11-19(25-18)22-12-6-9-16-7-4-3-5-8-16/h3-11,17-19H,12-13H2,1-2H3/b9-6+/t17-,18+,19-/m0/s1. The van der Waals surface area contributed by atoms with Gasteiger partial charge in [0.05, 0.1) is 6.61 Å². The van der Waals surface area contributed by atoms with Crippen molar-refractivity contribution in [3.8, 4) is 0 Å². The quantitative estimate of drug-likeness (QED) is 0.558. The maximum atomic E-state index is 11.2. The molecule has 1 aliphatic heterocycles. The van der Waals surface area contributed by atoms with E-state index in [2.05, 4.69) is 0 Å². The van der Waals surface area contributed by atoms with Crippen molar-refractivity contribution in [2.24, 2.45) is 0 Å². The van der Waals surface area contributed by atoms with Crippen LogP contribution in [0.2, 0.25) is 0 Å². The zero-order valence-corrected chi connectivity index (χ0v) is 14.3. The molecule has 0 bridgehead atoms. The fourth-order valence-corrected chi connectivity index (χ4v) is 2.25. The van der Waals surface area contributed by atoms with Gasteiger partial charge in [0.25, 0.3) is 0 Å². The van der Waals surface area contributed by atoms with Crippen molar-refractivity contribution in [1.29, 1.82) is 0 Å². The Morgan fingerprint density at radius 3 is 2.56 bits per heavy atom. The summed E-state index contributed by atoms with van der Waals surface area (Å²) in [6, 6.07) is 9.86. The highest BCUT2D eigenvalue weighted by Gasteiger charge is 2.30. The summed E-state index contributed by atoms with van der Waals surface area (Å²) in [4.78, 5) is 22.2. The Bertz CT molecular complexity index is 622. The Labute approximate surface area is 147 Å². The molecule has 134 valence electrons. The normalized spacial score (nSPS) is 22.7. The van der Waals surface area contributed by atoms with Crippen LogP contribution in [0.5, 0.6) is 0 Å². The first-order valence-corrected chi connectivity index (χ1v) is 8.02. The van der Waals surface area contributed by atoms with Crippen molar-refractivity contribution in [3.05, 3.63) is 54.1 Å². The molecule has 25 heavy (non-hydrogen) atoms. The van der Waals surface area contributed by atoms with Gasteiger partial charge in [0.1, 0.15) is 18.8 Å². The van der Waals surface area contributed by atoms with Gasteiger partial charge >= 0.3 is 11.9 Å². The molecule has 1 aliphatic rings. The minimum absolute atomic E-state index is 0.0165. The van der Waals surface area contributed by atoms with Crippen LogP contribution < -0.4 is 0 Å². The molecule has 0 saturated heterocycles. The maximum absolute atomic E-state index is 11.2.